The highest BCUT2D eigenvalue weighted by molar-refractivity contribution is 9.10. The lowest BCUT2D eigenvalue weighted by Crippen LogP contribution is -2.17. The first-order valence-corrected chi connectivity index (χ1v) is 8.13. The summed E-state index contributed by atoms with van der Waals surface area (Å²) in [5.74, 6) is -0.667. The molecule has 0 radical (unpaired) electrons. The molecular weight excluding hydrogens is 391 g/mol. The molecule has 6 nitrogen and oxygen atoms in total. The molecule has 0 aliphatic rings. The largest absolute Gasteiger partial charge is 0.573 e. The molecule has 0 atom stereocenters. The van der Waals surface area contributed by atoms with Crippen molar-refractivity contribution in [2.45, 2.75) is 12.1 Å². The third-order valence-electron chi connectivity index (χ3n) is 2.36. The molecule has 0 aliphatic heterocycles. The van der Waals surface area contributed by atoms with Gasteiger partial charge in [0.25, 0.3) is 0 Å². The summed E-state index contributed by atoms with van der Waals surface area (Å²) in [7, 11) is -3.74. The Morgan fingerprint density at radius 1 is 1.27 bits per heavy atom. The Hall–Kier alpha value is -1.75. The fourth-order valence-electron chi connectivity index (χ4n) is 1.54. The van der Waals surface area contributed by atoms with Gasteiger partial charge in [-0.15, -0.1) is 13.2 Å². The van der Waals surface area contributed by atoms with Gasteiger partial charge >= 0.3 is 6.36 Å². The van der Waals surface area contributed by atoms with Gasteiger partial charge in [0, 0.05) is 0 Å². The number of anilines is 1. The summed E-state index contributed by atoms with van der Waals surface area (Å²) in [6.45, 7) is 0. The van der Waals surface area contributed by atoms with E-state index in [9.17, 15) is 21.6 Å². The molecule has 0 bridgehead atoms. The van der Waals surface area contributed by atoms with E-state index in [1.807, 2.05) is 0 Å². The third kappa shape index (κ3) is 4.91. The zero-order valence-corrected chi connectivity index (χ0v) is 13.1. The average molecular weight is 400 g/mol. The van der Waals surface area contributed by atoms with Crippen molar-refractivity contribution in [3.63, 3.8) is 0 Å². The zero-order valence-electron chi connectivity index (χ0n) is 10.7. The number of nitrogens with one attached hydrogen (secondary N) is 2. The standard InChI is InChI=1S/C11H9BrF3N3O3S/c12-9-5-16-17-10(9)18-22(19,20)6-7-1-3-8(4-2-7)21-11(13,14)15/h1-5H,6H2,(H2,16,17,18). The van der Waals surface area contributed by atoms with Gasteiger partial charge in [-0.3, -0.25) is 9.82 Å². The molecular formula is C11H9BrF3N3O3S. The number of ether oxygens (including phenoxy) is 1. The first-order chi connectivity index (χ1) is 10.1. The van der Waals surface area contributed by atoms with E-state index in [0.29, 0.717) is 10.0 Å². The van der Waals surface area contributed by atoms with Crippen LogP contribution >= 0.6 is 15.9 Å². The van der Waals surface area contributed by atoms with Crippen LogP contribution in [0.25, 0.3) is 0 Å². The summed E-state index contributed by atoms with van der Waals surface area (Å²) >= 11 is 3.10. The van der Waals surface area contributed by atoms with E-state index in [1.165, 1.54) is 18.3 Å². The van der Waals surface area contributed by atoms with Gasteiger partial charge in [-0.05, 0) is 33.6 Å². The molecule has 120 valence electrons. The van der Waals surface area contributed by atoms with Crippen LogP contribution in [0.3, 0.4) is 0 Å². The number of H-pyrrole nitrogens is 1. The second kappa shape index (κ2) is 6.16. The van der Waals surface area contributed by atoms with Crippen molar-refractivity contribution in [1.82, 2.24) is 10.2 Å². The van der Waals surface area contributed by atoms with Crippen LogP contribution in [0.5, 0.6) is 5.75 Å². The van der Waals surface area contributed by atoms with Gasteiger partial charge in [0.2, 0.25) is 10.0 Å². The summed E-state index contributed by atoms with van der Waals surface area (Å²) < 4.78 is 66.3. The van der Waals surface area contributed by atoms with Gasteiger partial charge < -0.3 is 4.74 Å². The average Bonchev–Trinajstić information content (AvgIpc) is 2.75. The van der Waals surface area contributed by atoms with Gasteiger partial charge in [-0.25, -0.2) is 8.42 Å². The van der Waals surface area contributed by atoms with E-state index in [2.05, 4.69) is 35.6 Å². The number of aromatic nitrogens is 2. The fourth-order valence-corrected chi connectivity index (χ4v) is 3.13. The van der Waals surface area contributed by atoms with Crippen LogP contribution in [0, 0.1) is 0 Å². The number of nitrogens with zero attached hydrogens (tertiary/aromatic N) is 1. The van der Waals surface area contributed by atoms with E-state index in [1.54, 1.807) is 0 Å². The van der Waals surface area contributed by atoms with Crippen molar-refractivity contribution in [2.24, 2.45) is 0 Å². The Bertz CT molecular complexity index is 744. The first kappa shape index (κ1) is 16.6. The molecule has 0 amide bonds. The second-order valence-corrected chi connectivity index (χ2v) is 6.72. The SMILES string of the molecule is O=S(=O)(Cc1ccc(OC(F)(F)F)cc1)Nc1[nH]ncc1Br. The van der Waals surface area contributed by atoms with Crippen LogP contribution < -0.4 is 9.46 Å². The molecule has 0 saturated carbocycles. The lowest BCUT2D eigenvalue weighted by molar-refractivity contribution is -0.274. The third-order valence-corrected chi connectivity index (χ3v) is 4.19. The minimum Gasteiger partial charge on any atom is -0.406 e. The molecule has 0 fully saturated rings. The molecule has 0 saturated heterocycles. The number of benzene rings is 1. The maximum absolute atomic E-state index is 12.0. The molecule has 1 aromatic carbocycles. The molecule has 2 aromatic rings. The summed E-state index contributed by atoms with van der Waals surface area (Å²) in [5.41, 5.74) is 0.303. The number of hydrogen-bond donors (Lipinski definition) is 2. The van der Waals surface area contributed by atoms with Gasteiger partial charge in [-0.2, -0.15) is 5.10 Å². The monoisotopic (exact) mass is 399 g/mol. The highest BCUT2D eigenvalue weighted by Gasteiger charge is 2.31. The van der Waals surface area contributed by atoms with Crippen molar-refractivity contribution in [1.29, 1.82) is 0 Å². The van der Waals surface area contributed by atoms with E-state index < -0.39 is 27.9 Å². The number of halogens is 4. The van der Waals surface area contributed by atoms with Gasteiger partial charge in [0.1, 0.15) is 11.6 Å². The summed E-state index contributed by atoms with van der Waals surface area (Å²) in [6, 6.07) is 4.57. The van der Waals surface area contributed by atoms with Crippen molar-refractivity contribution in [2.75, 3.05) is 4.72 Å². The Kier molecular flexibility index (Phi) is 4.66. The molecule has 2 rings (SSSR count). The smallest absolute Gasteiger partial charge is 0.406 e. The maximum atomic E-state index is 12.0. The van der Waals surface area contributed by atoms with Crippen LogP contribution in [0.2, 0.25) is 0 Å². The molecule has 1 heterocycles. The highest BCUT2D eigenvalue weighted by Crippen LogP contribution is 2.24. The minimum absolute atomic E-state index is 0.164. The van der Waals surface area contributed by atoms with Gasteiger partial charge in [0.15, 0.2) is 0 Å². The van der Waals surface area contributed by atoms with Crippen LogP contribution in [0.1, 0.15) is 5.56 Å². The predicted octanol–water partition coefficient (Wildman–Crippen LogP) is 3.01. The van der Waals surface area contributed by atoms with Crippen molar-refractivity contribution in [3.8, 4) is 5.75 Å². The van der Waals surface area contributed by atoms with Crippen LogP contribution in [-0.2, 0) is 15.8 Å². The van der Waals surface area contributed by atoms with E-state index in [4.69, 9.17) is 0 Å². The molecule has 0 spiro atoms. The van der Waals surface area contributed by atoms with E-state index in [-0.39, 0.29) is 5.82 Å². The van der Waals surface area contributed by atoms with Gasteiger partial charge in [-0.1, -0.05) is 12.1 Å². The number of rotatable bonds is 5. The Morgan fingerprint density at radius 3 is 2.41 bits per heavy atom. The predicted molar refractivity (Wildman–Crippen MR) is 75.7 cm³/mol. The Balaban J connectivity index is 2.05. The minimum atomic E-state index is -4.79. The highest BCUT2D eigenvalue weighted by atomic mass is 79.9. The van der Waals surface area contributed by atoms with Gasteiger partial charge in [0.05, 0.1) is 16.4 Å². The number of aromatic amines is 1. The first-order valence-electron chi connectivity index (χ1n) is 5.69. The van der Waals surface area contributed by atoms with E-state index in [0.717, 1.165) is 12.1 Å². The lowest BCUT2D eigenvalue weighted by atomic mass is 10.2. The summed E-state index contributed by atoms with van der Waals surface area (Å²) in [6.07, 6.45) is -3.41. The molecule has 1 aromatic heterocycles. The molecule has 22 heavy (non-hydrogen) atoms. The Morgan fingerprint density at radius 2 is 1.91 bits per heavy atom. The second-order valence-electron chi connectivity index (χ2n) is 4.15. The molecule has 2 N–H and O–H groups in total. The number of hydrogen-bond acceptors (Lipinski definition) is 4. The molecule has 11 heteroatoms. The number of sulfonamides is 1. The number of alkyl halides is 3. The quantitative estimate of drug-likeness (QED) is 0.809. The molecule has 0 unspecified atom stereocenters. The normalized spacial score (nSPS) is 12.2. The lowest BCUT2D eigenvalue weighted by Gasteiger charge is -2.10. The van der Waals surface area contributed by atoms with Crippen molar-refractivity contribution in [3.05, 3.63) is 40.5 Å². The van der Waals surface area contributed by atoms with Crippen LogP contribution in [0.15, 0.2) is 34.9 Å². The zero-order chi connectivity index (χ0) is 16.4. The van der Waals surface area contributed by atoms with Crippen LogP contribution in [-0.4, -0.2) is 25.0 Å². The van der Waals surface area contributed by atoms with Crippen molar-refractivity contribution >= 4 is 31.8 Å². The molecule has 0 aliphatic carbocycles. The van der Waals surface area contributed by atoms with E-state index >= 15 is 0 Å². The Labute approximate surface area is 131 Å². The summed E-state index contributed by atoms with van der Waals surface area (Å²) in [5, 5.41) is 6.09. The van der Waals surface area contributed by atoms with Crippen molar-refractivity contribution < 1.29 is 26.3 Å². The maximum Gasteiger partial charge on any atom is 0.573 e. The topological polar surface area (TPSA) is 84.1 Å². The fraction of sp³-hybridized carbons (Fsp3) is 0.182. The summed E-state index contributed by atoms with van der Waals surface area (Å²) in [4.78, 5) is 0. The van der Waals surface area contributed by atoms with Crippen LogP contribution in [0.4, 0.5) is 19.0 Å².